The maximum atomic E-state index is 5.06. The fraction of sp³-hybridized carbons (Fsp3) is 0.250. The molecule has 2 aromatic carbocycles. The van der Waals surface area contributed by atoms with Gasteiger partial charge in [-0.1, -0.05) is 6.07 Å². The van der Waals surface area contributed by atoms with Crippen LogP contribution in [0.4, 0.5) is 0 Å². The molecule has 0 aliphatic heterocycles. The average Bonchev–Trinajstić information content (AvgIpc) is 2.71. The Morgan fingerprint density at radius 1 is 1.31 bits per heavy atom. The molecule has 0 fully saturated rings. The fourth-order valence-corrected chi connectivity index (χ4v) is 1.64. The number of fused-ring (bicyclic) bond motifs is 1. The van der Waals surface area contributed by atoms with E-state index >= 15 is 0 Å². The van der Waals surface area contributed by atoms with Crippen molar-refractivity contribution in [3.05, 3.63) is 42.0 Å². The molecule has 1 nitrogen and oxygen atoms in total. The number of halogens is 2. The van der Waals surface area contributed by atoms with Crippen LogP contribution in [0.5, 0.6) is 0 Å². The number of hydrogen-bond acceptors (Lipinski definition) is 1. The first-order chi connectivity index (χ1) is 7.83. The molecule has 0 bridgehead atoms. The topological polar surface area (TPSA) is 9.23 Å². The van der Waals surface area contributed by atoms with E-state index < -0.39 is 20.8 Å². The molecule has 2 aromatic rings. The van der Waals surface area contributed by atoms with Gasteiger partial charge in [-0.25, -0.2) is 0 Å². The van der Waals surface area contributed by atoms with Crippen molar-refractivity contribution in [1.82, 2.24) is 0 Å². The van der Waals surface area contributed by atoms with Gasteiger partial charge in [-0.3, -0.25) is 0 Å². The summed E-state index contributed by atoms with van der Waals surface area (Å²) in [5, 5.41) is 2.69. The van der Waals surface area contributed by atoms with Crippen molar-refractivity contribution in [1.29, 1.82) is 0 Å². The molecule has 16 heavy (non-hydrogen) atoms. The molecule has 2 rings (SSSR count). The number of benzene rings is 1. The molecule has 86 valence electrons. The normalized spacial score (nSPS) is 9.69. The number of rotatable bonds is 3. The van der Waals surface area contributed by atoms with E-state index in [1.165, 1.54) is 16.3 Å². The molecule has 0 aliphatic rings. The van der Waals surface area contributed by atoms with Crippen LogP contribution >= 0.6 is 17.0 Å². The molecule has 0 N–H and O–H groups in total. The molecule has 0 atom stereocenters. The summed E-state index contributed by atoms with van der Waals surface area (Å²) in [4.78, 5) is 0. The third-order valence-corrected chi connectivity index (χ3v) is 2.35. The molecule has 0 radical (unpaired) electrons. The molecule has 0 saturated carbocycles. The predicted octanol–water partition coefficient (Wildman–Crippen LogP) is 4.12. The Morgan fingerprint density at radius 2 is 2.00 bits per heavy atom. The van der Waals surface area contributed by atoms with Gasteiger partial charge in [0.1, 0.15) is 0 Å². The van der Waals surface area contributed by atoms with Crippen LogP contribution in [-0.2, 0) is 32.0 Å². The van der Waals surface area contributed by atoms with E-state index in [1.807, 2.05) is 0 Å². The van der Waals surface area contributed by atoms with Crippen LogP contribution in [0.3, 0.4) is 0 Å². The van der Waals surface area contributed by atoms with E-state index in [1.54, 1.807) is 7.11 Å². The van der Waals surface area contributed by atoms with Gasteiger partial charge in [0.25, 0.3) is 0 Å². The Morgan fingerprint density at radius 3 is 2.69 bits per heavy atom. The van der Waals surface area contributed by atoms with Gasteiger partial charge in [0, 0.05) is 13.7 Å². The van der Waals surface area contributed by atoms with Gasteiger partial charge in [-0.05, 0) is 6.42 Å². The molecule has 0 aromatic heterocycles. The maximum absolute atomic E-state index is 5.06. The third-order valence-electron chi connectivity index (χ3n) is 2.35. The summed E-state index contributed by atoms with van der Waals surface area (Å²) in [6, 6.07) is 12.8. The van der Waals surface area contributed by atoms with E-state index in [-0.39, 0.29) is 0 Å². The van der Waals surface area contributed by atoms with Gasteiger partial charge in [0.2, 0.25) is 0 Å². The Labute approximate surface area is 115 Å². The second kappa shape index (κ2) is 8.36. The van der Waals surface area contributed by atoms with Crippen LogP contribution in [0.1, 0.15) is 5.56 Å². The summed E-state index contributed by atoms with van der Waals surface area (Å²) in [6.07, 6.45) is 1.00. The Kier molecular flexibility index (Phi) is 7.48. The van der Waals surface area contributed by atoms with Crippen LogP contribution in [0.15, 0.2) is 36.4 Å². The van der Waals surface area contributed by atoms with Crippen LogP contribution in [0.25, 0.3) is 10.8 Å². The number of hydrogen-bond donors (Lipinski definition) is 0. The molecule has 0 aliphatic carbocycles. The average molecular weight is 335 g/mol. The van der Waals surface area contributed by atoms with E-state index in [2.05, 4.69) is 36.4 Å². The summed E-state index contributed by atoms with van der Waals surface area (Å²) in [6.45, 7) is 0.800. The summed E-state index contributed by atoms with van der Waals surface area (Å²) in [7, 11) is 11.6. The van der Waals surface area contributed by atoms with Gasteiger partial charge in [0.15, 0.2) is 0 Å². The van der Waals surface area contributed by atoms with Crippen molar-refractivity contribution < 1.29 is 25.6 Å². The minimum atomic E-state index is -0.826. The minimum absolute atomic E-state index is 0.800. The van der Waals surface area contributed by atoms with Crippen LogP contribution in [0, 0.1) is 0 Å². The first-order valence-corrected chi connectivity index (χ1v) is 11.2. The zero-order chi connectivity index (χ0) is 11.8. The quantitative estimate of drug-likeness (QED) is 0.767. The molecule has 0 unspecified atom stereocenters. The van der Waals surface area contributed by atoms with Crippen molar-refractivity contribution in [2.75, 3.05) is 13.7 Å². The number of ether oxygens (including phenoxy) is 1. The SMILES string of the molecule is COCCc1c[cH-]c2ccccc12.[Cl][Zr][Cl]. The van der Waals surface area contributed by atoms with Crippen molar-refractivity contribution in [2.24, 2.45) is 0 Å². The first kappa shape index (κ1) is 14.3. The van der Waals surface area contributed by atoms with Crippen LogP contribution in [-0.4, -0.2) is 13.7 Å². The second-order valence-electron chi connectivity index (χ2n) is 3.26. The summed E-state index contributed by atoms with van der Waals surface area (Å²) in [5.41, 5.74) is 1.39. The molecule has 0 saturated heterocycles. The summed E-state index contributed by atoms with van der Waals surface area (Å²) in [5.74, 6) is 0. The zero-order valence-electron chi connectivity index (χ0n) is 9.04. The summed E-state index contributed by atoms with van der Waals surface area (Å²) < 4.78 is 5.06. The fourth-order valence-electron chi connectivity index (χ4n) is 1.64. The third kappa shape index (κ3) is 4.26. The van der Waals surface area contributed by atoms with Crippen LogP contribution < -0.4 is 0 Å². The Hall–Kier alpha value is 0.253. The van der Waals surface area contributed by atoms with E-state index in [0.29, 0.717) is 0 Å². The predicted molar refractivity (Wildman–Crippen MR) is 66.8 cm³/mol. The first-order valence-electron chi connectivity index (χ1n) is 4.92. The van der Waals surface area contributed by atoms with Crippen LogP contribution in [0.2, 0.25) is 0 Å². The number of methoxy groups -OCH3 is 1. The van der Waals surface area contributed by atoms with Gasteiger partial charge in [-0.2, -0.15) is 5.56 Å². The Bertz CT molecular complexity index is 414. The molecule has 0 spiro atoms. The van der Waals surface area contributed by atoms with E-state index in [0.717, 1.165) is 13.0 Å². The van der Waals surface area contributed by atoms with Crippen molar-refractivity contribution in [2.45, 2.75) is 6.42 Å². The van der Waals surface area contributed by atoms with Crippen molar-refractivity contribution in [3.63, 3.8) is 0 Å². The van der Waals surface area contributed by atoms with Gasteiger partial charge >= 0.3 is 37.9 Å². The van der Waals surface area contributed by atoms with Gasteiger partial charge in [-0.15, -0.1) is 41.1 Å². The van der Waals surface area contributed by atoms with Crippen molar-refractivity contribution >= 4 is 27.8 Å². The monoisotopic (exact) mass is 333 g/mol. The van der Waals surface area contributed by atoms with E-state index in [4.69, 9.17) is 21.8 Å². The molecule has 0 heterocycles. The molecular formula is C12H13Cl2OZr-. The molecule has 0 amide bonds. The summed E-state index contributed by atoms with van der Waals surface area (Å²) >= 11 is -0.826. The second-order valence-corrected chi connectivity index (χ2v) is 6.99. The van der Waals surface area contributed by atoms with Crippen molar-refractivity contribution in [3.8, 4) is 0 Å². The molecule has 4 heteroatoms. The van der Waals surface area contributed by atoms with Gasteiger partial charge < -0.3 is 4.74 Å². The molecular weight excluding hydrogens is 322 g/mol. The zero-order valence-corrected chi connectivity index (χ0v) is 13.0. The Balaban J connectivity index is 0.000000386. The van der Waals surface area contributed by atoms with Gasteiger partial charge in [0.05, 0.1) is 0 Å². The standard InChI is InChI=1S/C12H13O.2ClH.Zr/c1-13-9-8-11-7-6-10-4-2-3-5-12(10)11;;;/h2-7H,8-9H2,1H3;2*1H;/q-1;;;+2/p-2. The van der Waals surface area contributed by atoms with E-state index in [9.17, 15) is 0 Å².